The van der Waals surface area contributed by atoms with Gasteiger partial charge in [-0.2, -0.15) is 0 Å². The van der Waals surface area contributed by atoms with E-state index in [1.54, 1.807) is 6.07 Å². The summed E-state index contributed by atoms with van der Waals surface area (Å²) in [5.41, 5.74) is 1.71. The van der Waals surface area contributed by atoms with E-state index in [9.17, 15) is 4.39 Å². The minimum atomic E-state index is -0.192. The Hall–Kier alpha value is -0.420. The molecule has 0 bridgehead atoms. The third-order valence-electron chi connectivity index (χ3n) is 3.17. The average molecular weight is 436 g/mol. The molecule has 0 aliphatic carbocycles. The van der Waals surface area contributed by atoms with Gasteiger partial charge in [0.05, 0.1) is 0 Å². The quantitative estimate of drug-likeness (QED) is 0.617. The summed E-state index contributed by atoms with van der Waals surface area (Å²) >= 11 is 13.0. The lowest BCUT2D eigenvalue weighted by atomic mass is 9.98. The Morgan fingerprint density at radius 3 is 2.57 bits per heavy atom. The van der Waals surface area contributed by atoms with Crippen LogP contribution in [0.3, 0.4) is 0 Å². The monoisotopic (exact) mass is 433 g/mol. The van der Waals surface area contributed by atoms with Gasteiger partial charge in [0.2, 0.25) is 0 Å². The summed E-state index contributed by atoms with van der Waals surface area (Å²) in [5.74, 6) is -0.192. The fourth-order valence-electron chi connectivity index (χ4n) is 2.25. The molecule has 0 aliphatic heterocycles. The second-order valence-electron chi connectivity index (χ2n) is 4.75. The molecule has 21 heavy (non-hydrogen) atoms. The van der Waals surface area contributed by atoms with Crippen molar-refractivity contribution >= 4 is 43.5 Å². The Bertz CT molecular complexity index is 613. The van der Waals surface area contributed by atoms with Crippen molar-refractivity contribution in [2.24, 2.45) is 0 Å². The molecular weight excluding hydrogens is 420 g/mol. The summed E-state index contributed by atoms with van der Waals surface area (Å²) in [7, 11) is 0. The first kappa shape index (κ1) is 16.9. The number of halogens is 4. The van der Waals surface area contributed by atoms with E-state index in [0.29, 0.717) is 17.0 Å². The standard InChI is InChI=1S/C16H15Br2ClFN/c1-2-21-16(11-6-13(18)9-14(19)7-11)8-10-5-12(17)3-4-15(10)20/h3-7,9,16,21H,2,8H2,1H3. The number of rotatable bonds is 5. The zero-order valence-electron chi connectivity index (χ0n) is 11.5. The highest BCUT2D eigenvalue weighted by Crippen LogP contribution is 2.27. The summed E-state index contributed by atoms with van der Waals surface area (Å²) in [6.45, 7) is 2.83. The van der Waals surface area contributed by atoms with Crippen molar-refractivity contribution in [1.29, 1.82) is 0 Å². The van der Waals surface area contributed by atoms with Gasteiger partial charge in [-0.25, -0.2) is 4.39 Å². The first-order chi connectivity index (χ1) is 9.99. The maximum absolute atomic E-state index is 14.0. The van der Waals surface area contributed by atoms with Crippen molar-refractivity contribution in [3.8, 4) is 0 Å². The maximum Gasteiger partial charge on any atom is 0.126 e. The van der Waals surface area contributed by atoms with Crippen LogP contribution in [0.2, 0.25) is 5.02 Å². The first-order valence-electron chi connectivity index (χ1n) is 6.63. The third kappa shape index (κ3) is 4.78. The molecule has 0 aromatic heterocycles. The molecule has 1 atom stereocenters. The van der Waals surface area contributed by atoms with Crippen LogP contribution in [0.5, 0.6) is 0 Å². The molecular formula is C16H15Br2ClFN. The first-order valence-corrected chi connectivity index (χ1v) is 8.59. The summed E-state index contributed by atoms with van der Waals surface area (Å²) in [6, 6.07) is 10.8. The van der Waals surface area contributed by atoms with Gasteiger partial charge in [-0.15, -0.1) is 0 Å². The lowest BCUT2D eigenvalue weighted by molar-refractivity contribution is 0.527. The van der Waals surface area contributed by atoms with Crippen molar-refractivity contribution in [1.82, 2.24) is 5.32 Å². The highest BCUT2D eigenvalue weighted by atomic mass is 79.9. The zero-order valence-corrected chi connectivity index (χ0v) is 15.4. The van der Waals surface area contributed by atoms with Crippen molar-refractivity contribution in [3.05, 3.63) is 67.3 Å². The van der Waals surface area contributed by atoms with E-state index in [1.807, 2.05) is 31.2 Å². The SMILES string of the molecule is CCNC(Cc1cc(Br)ccc1F)c1cc(Cl)cc(Br)c1. The van der Waals surface area contributed by atoms with Crippen LogP contribution in [-0.4, -0.2) is 6.54 Å². The Kier molecular flexibility index (Phi) is 6.23. The topological polar surface area (TPSA) is 12.0 Å². The molecule has 2 rings (SSSR count). The van der Waals surface area contributed by atoms with Crippen LogP contribution in [-0.2, 0) is 6.42 Å². The molecule has 5 heteroatoms. The summed E-state index contributed by atoms with van der Waals surface area (Å²) < 4.78 is 15.8. The van der Waals surface area contributed by atoms with Gasteiger partial charge in [-0.05, 0) is 60.5 Å². The van der Waals surface area contributed by atoms with Gasteiger partial charge in [0.15, 0.2) is 0 Å². The summed E-state index contributed by atoms with van der Waals surface area (Å²) in [4.78, 5) is 0. The highest BCUT2D eigenvalue weighted by molar-refractivity contribution is 9.10. The van der Waals surface area contributed by atoms with E-state index in [1.165, 1.54) is 6.07 Å². The largest absolute Gasteiger partial charge is 0.310 e. The van der Waals surface area contributed by atoms with Gasteiger partial charge in [-0.1, -0.05) is 50.4 Å². The van der Waals surface area contributed by atoms with E-state index >= 15 is 0 Å². The van der Waals surface area contributed by atoms with Gasteiger partial charge in [0.1, 0.15) is 5.82 Å². The molecule has 0 saturated carbocycles. The molecule has 0 fully saturated rings. The summed E-state index contributed by atoms with van der Waals surface area (Å²) in [6.07, 6.45) is 0.561. The molecule has 2 aromatic carbocycles. The molecule has 1 unspecified atom stereocenters. The van der Waals surface area contributed by atoms with Gasteiger partial charge < -0.3 is 5.32 Å². The molecule has 2 aromatic rings. The second kappa shape index (κ2) is 7.73. The average Bonchev–Trinajstić information content (AvgIpc) is 2.41. The molecule has 0 aliphatic rings. The Morgan fingerprint density at radius 1 is 1.14 bits per heavy atom. The minimum absolute atomic E-state index is 0.00815. The molecule has 1 N–H and O–H groups in total. The van der Waals surface area contributed by atoms with Crippen LogP contribution >= 0.6 is 43.5 Å². The molecule has 0 heterocycles. The smallest absolute Gasteiger partial charge is 0.126 e. The van der Waals surface area contributed by atoms with E-state index in [0.717, 1.165) is 21.1 Å². The Labute approximate surface area is 146 Å². The number of hydrogen-bond donors (Lipinski definition) is 1. The van der Waals surface area contributed by atoms with Crippen LogP contribution in [0.4, 0.5) is 4.39 Å². The van der Waals surface area contributed by atoms with Crippen molar-refractivity contribution in [3.63, 3.8) is 0 Å². The zero-order chi connectivity index (χ0) is 15.4. The molecule has 1 nitrogen and oxygen atoms in total. The van der Waals surface area contributed by atoms with Crippen LogP contribution in [0.1, 0.15) is 24.1 Å². The van der Waals surface area contributed by atoms with Crippen LogP contribution < -0.4 is 5.32 Å². The van der Waals surface area contributed by atoms with Gasteiger partial charge >= 0.3 is 0 Å². The third-order valence-corrected chi connectivity index (χ3v) is 4.34. The van der Waals surface area contributed by atoms with Crippen molar-refractivity contribution in [2.45, 2.75) is 19.4 Å². The van der Waals surface area contributed by atoms with Gasteiger partial charge in [0.25, 0.3) is 0 Å². The minimum Gasteiger partial charge on any atom is -0.310 e. The highest BCUT2D eigenvalue weighted by Gasteiger charge is 2.15. The van der Waals surface area contributed by atoms with Crippen LogP contribution in [0.15, 0.2) is 45.3 Å². The number of benzene rings is 2. The maximum atomic E-state index is 14.0. The molecule has 0 amide bonds. The Morgan fingerprint density at radius 2 is 1.90 bits per heavy atom. The van der Waals surface area contributed by atoms with Crippen molar-refractivity contribution < 1.29 is 4.39 Å². The van der Waals surface area contributed by atoms with E-state index in [2.05, 4.69) is 37.2 Å². The number of likely N-dealkylation sites (N-methyl/N-ethyl adjacent to an activating group) is 1. The van der Waals surface area contributed by atoms with E-state index < -0.39 is 0 Å². The number of hydrogen-bond acceptors (Lipinski definition) is 1. The molecule has 0 spiro atoms. The van der Waals surface area contributed by atoms with Gasteiger partial charge in [0, 0.05) is 20.0 Å². The summed E-state index contributed by atoms with van der Waals surface area (Å²) in [5, 5.41) is 4.05. The fraction of sp³-hybridized carbons (Fsp3) is 0.250. The lowest BCUT2D eigenvalue weighted by Crippen LogP contribution is -2.23. The van der Waals surface area contributed by atoms with Crippen LogP contribution in [0.25, 0.3) is 0 Å². The second-order valence-corrected chi connectivity index (χ2v) is 7.02. The van der Waals surface area contributed by atoms with Gasteiger partial charge in [-0.3, -0.25) is 0 Å². The number of nitrogens with one attached hydrogen (secondary N) is 1. The van der Waals surface area contributed by atoms with E-state index in [-0.39, 0.29) is 11.9 Å². The Balaban J connectivity index is 2.32. The predicted molar refractivity (Wildman–Crippen MR) is 93.4 cm³/mol. The normalized spacial score (nSPS) is 12.4. The predicted octanol–water partition coefficient (Wildman–Crippen LogP) is 5.90. The molecule has 0 saturated heterocycles. The fourth-order valence-corrected chi connectivity index (χ4v) is 3.55. The molecule has 0 radical (unpaired) electrons. The lowest BCUT2D eigenvalue weighted by Gasteiger charge is -2.19. The molecule has 112 valence electrons. The van der Waals surface area contributed by atoms with Crippen molar-refractivity contribution in [2.75, 3.05) is 6.54 Å². The van der Waals surface area contributed by atoms with Crippen LogP contribution in [0, 0.1) is 5.82 Å². The van der Waals surface area contributed by atoms with E-state index in [4.69, 9.17) is 11.6 Å².